The number of para-hydroxylation sites is 4. The summed E-state index contributed by atoms with van der Waals surface area (Å²) in [4.78, 5) is 13.7. The number of aliphatic imine (C=N–C) groups is 2. The van der Waals surface area contributed by atoms with Gasteiger partial charge in [0.25, 0.3) is 0 Å². The van der Waals surface area contributed by atoms with Crippen molar-refractivity contribution in [3.63, 3.8) is 0 Å². The van der Waals surface area contributed by atoms with E-state index in [0.29, 0.717) is 5.96 Å². The van der Waals surface area contributed by atoms with Crippen molar-refractivity contribution in [1.82, 2.24) is 14.0 Å². The van der Waals surface area contributed by atoms with Gasteiger partial charge in [-0.3, -0.25) is 4.57 Å². The van der Waals surface area contributed by atoms with E-state index in [0.717, 1.165) is 111 Å². The van der Waals surface area contributed by atoms with Crippen LogP contribution in [0.2, 0.25) is 0 Å². The van der Waals surface area contributed by atoms with Crippen molar-refractivity contribution in [3.8, 4) is 39.1 Å². The minimum atomic E-state index is -0.432. The van der Waals surface area contributed by atoms with Gasteiger partial charge in [-0.15, -0.1) is 0 Å². The average Bonchev–Trinajstić information content (AvgIpc) is 4.10. The first-order valence-electron chi connectivity index (χ1n) is 23.8. The van der Waals surface area contributed by atoms with Gasteiger partial charge in [0.2, 0.25) is 5.96 Å². The zero-order valence-corrected chi connectivity index (χ0v) is 38.2. The van der Waals surface area contributed by atoms with Gasteiger partial charge in [0, 0.05) is 50.6 Å². The normalized spacial score (nSPS) is 14.1. The Hall–Kier alpha value is -9.26. The summed E-state index contributed by atoms with van der Waals surface area (Å²) < 4.78 is 11.1. The Morgan fingerprint density at radius 3 is 1.59 bits per heavy atom. The third-order valence-electron chi connectivity index (χ3n) is 14.2. The third-order valence-corrected chi connectivity index (χ3v) is 14.2. The van der Waals surface area contributed by atoms with Gasteiger partial charge in [0.1, 0.15) is 17.0 Å². The van der Waals surface area contributed by atoms with E-state index in [1.807, 2.05) is 12.1 Å². The fraction of sp³-hybridized carbons (Fsp3) is 0.0312. The Balaban J connectivity index is 1.03. The van der Waals surface area contributed by atoms with E-state index in [4.69, 9.17) is 14.4 Å². The summed E-state index contributed by atoms with van der Waals surface area (Å²) in [5.74, 6) is 1.44. The van der Waals surface area contributed by atoms with E-state index in [2.05, 4.69) is 246 Å². The molecular weight excluding hydrogens is 855 g/mol. The van der Waals surface area contributed by atoms with E-state index in [9.17, 15) is 0 Å². The van der Waals surface area contributed by atoms with Gasteiger partial charge in [-0.1, -0.05) is 182 Å². The monoisotopic (exact) mass is 897 g/mol. The molecule has 10 aromatic carbocycles. The van der Waals surface area contributed by atoms with Crippen LogP contribution >= 0.6 is 0 Å². The highest BCUT2D eigenvalue weighted by Crippen LogP contribution is 2.43. The van der Waals surface area contributed by atoms with Gasteiger partial charge in [-0.05, 0) is 93.5 Å². The van der Waals surface area contributed by atoms with Crippen LogP contribution in [0.3, 0.4) is 0 Å². The van der Waals surface area contributed by atoms with Crippen molar-refractivity contribution in [2.24, 2.45) is 9.98 Å². The van der Waals surface area contributed by atoms with Crippen LogP contribution in [0.4, 0.5) is 0 Å². The van der Waals surface area contributed by atoms with E-state index in [1.54, 1.807) is 0 Å². The highest BCUT2D eigenvalue weighted by atomic mass is 16.3. The second-order valence-corrected chi connectivity index (χ2v) is 18.2. The van der Waals surface area contributed by atoms with Crippen molar-refractivity contribution in [2.75, 3.05) is 7.05 Å². The predicted octanol–water partition coefficient (Wildman–Crippen LogP) is 16.1. The second kappa shape index (κ2) is 15.9. The van der Waals surface area contributed by atoms with Gasteiger partial charge < -0.3 is 13.9 Å². The van der Waals surface area contributed by atoms with Crippen LogP contribution in [0.25, 0.3) is 105 Å². The van der Waals surface area contributed by atoms with Crippen LogP contribution in [0.1, 0.15) is 17.3 Å². The molecule has 0 spiro atoms. The summed E-state index contributed by atoms with van der Waals surface area (Å²) in [6.07, 6.45) is -0.432. The molecule has 0 amide bonds. The minimum absolute atomic E-state index is 0.432. The molecule has 70 heavy (non-hydrogen) atoms. The largest absolute Gasteiger partial charge is 0.456 e. The number of hydrogen-bond donors (Lipinski definition) is 0. The molecule has 4 heterocycles. The van der Waals surface area contributed by atoms with E-state index >= 15 is 0 Å². The summed E-state index contributed by atoms with van der Waals surface area (Å²) in [6, 6.07) is 84.4. The Morgan fingerprint density at radius 2 is 0.929 bits per heavy atom. The number of furan rings is 1. The number of aromatic nitrogens is 2. The molecule has 0 bridgehead atoms. The van der Waals surface area contributed by atoms with Crippen LogP contribution in [-0.4, -0.2) is 32.9 Å². The van der Waals surface area contributed by atoms with Crippen LogP contribution in [0.15, 0.2) is 251 Å². The highest BCUT2D eigenvalue weighted by Gasteiger charge is 2.31. The SMILES string of the molecule is CN1C(c2cc(-c3ccccc3)cc(-c3ccccc3)c2)=NC(n2c3ccccc3c3ccc4c5ccccc5n(-c5ccccc5)c4c32)=NC1c1ccc(-c2cccc3oc4ccccc4c23)cc1. The van der Waals surface area contributed by atoms with Crippen molar-refractivity contribution >= 4 is 77.3 Å². The lowest BCUT2D eigenvalue weighted by Crippen LogP contribution is -2.37. The molecule has 3 aromatic heterocycles. The van der Waals surface area contributed by atoms with Crippen LogP contribution < -0.4 is 0 Å². The van der Waals surface area contributed by atoms with Gasteiger partial charge in [0.05, 0.1) is 22.1 Å². The molecule has 13 aromatic rings. The zero-order valence-electron chi connectivity index (χ0n) is 38.2. The second-order valence-electron chi connectivity index (χ2n) is 18.2. The maximum Gasteiger partial charge on any atom is 0.234 e. The fourth-order valence-electron chi connectivity index (χ4n) is 10.9. The van der Waals surface area contributed by atoms with Crippen LogP contribution in [-0.2, 0) is 0 Å². The highest BCUT2D eigenvalue weighted by molar-refractivity contribution is 6.26. The summed E-state index contributed by atoms with van der Waals surface area (Å²) in [7, 11) is 2.13. The summed E-state index contributed by atoms with van der Waals surface area (Å²) in [5, 5.41) is 6.87. The molecule has 1 unspecified atom stereocenters. The molecule has 0 saturated heterocycles. The molecule has 6 heteroatoms. The Morgan fingerprint density at radius 1 is 0.400 bits per heavy atom. The van der Waals surface area contributed by atoms with Gasteiger partial charge in [-0.25, -0.2) is 4.99 Å². The standard InChI is InChI=1S/C64H43N5O/c1-67-62(44-34-32-43(33-35-44)49-27-17-31-58-59(49)54-26-13-16-30-57(54)70-58)65-64(66-63(67)47-39-45(41-18-5-2-6-19-41)38-46(40-47)42-20-7-3-8-21-42)69-56-29-15-12-25-51(56)53-37-36-52-50-24-11-14-28-55(50)68(60(52)61(53)69)48-22-9-4-10-23-48/h2-40,62H,1H3. The molecule has 1 aliphatic rings. The predicted molar refractivity (Wildman–Crippen MR) is 290 cm³/mol. The van der Waals surface area contributed by atoms with E-state index in [1.165, 1.54) is 10.8 Å². The number of benzene rings is 10. The van der Waals surface area contributed by atoms with Crippen molar-refractivity contribution in [2.45, 2.75) is 6.17 Å². The van der Waals surface area contributed by atoms with Crippen molar-refractivity contribution < 1.29 is 4.42 Å². The first kappa shape index (κ1) is 39.9. The molecular formula is C64H43N5O. The molecule has 14 rings (SSSR count). The van der Waals surface area contributed by atoms with E-state index < -0.39 is 6.17 Å². The van der Waals surface area contributed by atoms with Crippen molar-refractivity contribution in [3.05, 3.63) is 248 Å². The van der Waals surface area contributed by atoms with Gasteiger partial charge >= 0.3 is 0 Å². The molecule has 0 fully saturated rings. The topological polar surface area (TPSA) is 51.0 Å². The molecule has 0 N–H and O–H groups in total. The molecule has 330 valence electrons. The average molecular weight is 898 g/mol. The van der Waals surface area contributed by atoms with Gasteiger partial charge in [0.15, 0.2) is 6.17 Å². The van der Waals surface area contributed by atoms with E-state index in [-0.39, 0.29) is 0 Å². The maximum absolute atomic E-state index is 6.32. The summed E-state index contributed by atoms with van der Waals surface area (Å²) >= 11 is 0. The molecule has 0 aliphatic carbocycles. The first-order valence-corrected chi connectivity index (χ1v) is 23.8. The zero-order chi connectivity index (χ0) is 46.3. The minimum Gasteiger partial charge on any atom is -0.456 e. The molecule has 0 saturated carbocycles. The lowest BCUT2D eigenvalue weighted by molar-refractivity contribution is 0.381. The van der Waals surface area contributed by atoms with Crippen LogP contribution in [0, 0.1) is 0 Å². The van der Waals surface area contributed by atoms with Gasteiger partial charge in [-0.2, -0.15) is 4.99 Å². The number of nitrogens with zero attached hydrogens (tertiary/aromatic N) is 5. The number of fused-ring (bicyclic) bond motifs is 10. The lowest BCUT2D eigenvalue weighted by atomic mass is 9.95. The smallest absolute Gasteiger partial charge is 0.234 e. The van der Waals surface area contributed by atoms with Crippen LogP contribution in [0.5, 0.6) is 0 Å². The fourth-order valence-corrected chi connectivity index (χ4v) is 10.9. The number of amidine groups is 1. The molecule has 0 radical (unpaired) electrons. The third kappa shape index (κ3) is 6.27. The van der Waals surface area contributed by atoms with Crippen molar-refractivity contribution in [1.29, 1.82) is 0 Å². The first-order chi connectivity index (χ1) is 34.6. The summed E-state index contributed by atoms with van der Waals surface area (Å²) in [5.41, 5.74) is 16.0. The lowest BCUT2D eigenvalue weighted by Gasteiger charge is -2.33. The Bertz CT molecular complexity index is 4180. The summed E-state index contributed by atoms with van der Waals surface area (Å²) in [6.45, 7) is 0. The maximum atomic E-state index is 6.32. The number of hydrogen-bond acceptors (Lipinski definition) is 4. The Kier molecular flexibility index (Phi) is 9.07. The molecule has 1 aliphatic heterocycles. The molecule has 1 atom stereocenters. The quantitative estimate of drug-likeness (QED) is 0.167. The Labute approximate surface area is 404 Å². The molecule has 6 nitrogen and oxygen atoms in total. The number of rotatable bonds is 6.